The van der Waals surface area contributed by atoms with E-state index >= 15 is 0 Å². The zero-order chi connectivity index (χ0) is 14.8. The molecule has 0 atom stereocenters. The molecule has 20 heavy (non-hydrogen) atoms. The maximum absolute atomic E-state index is 12.1. The molecule has 0 amide bonds. The molecule has 0 aliphatic rings. The molecule has 0 fully saturated rings. The third-order valence-corrected chi connectivity index (χ3v) is 4.45. The first-order chi connectivity index (χ1) is 9.29. The Bertz CT molecular complexity index is 672. The summed E-state index contributed by atoms with van der Waals surface area (Å²) in [5.74, 6) is -0.0447. The van der Waals surface area contributed by atoms with Gasteiger partial charge in [0.2, 0.25) is 0 Å². The van der Waals surface area contributed by atoms with Gasteiger partial charge in [0.1, 0.15) is 0 Å². The molecule has 2 aromatic heterocycles. The lowest BCUT2D eigenvalue weighted by Crippen LogP contribution is -2.15. The number of pyridine rings is 1. The number of aromatic nitrogens is 4. The topological polar surface area (TPSA) is 77.7 Å². The van der Waals surface area contributed by atoms with Crippen LogP contribution in [0.2, 0.25) is 0 Å². The largest absolute Gasteiger partial charge is 0.251 e. The SMILES string of the molecule is CC(C)(C)c1cn(CCS(=O)(=O)c2ccccn2)nn1. The van der Waals surface area contributed by atoms with Gasteiger partial charge < -0.3 is 0 Å². The molecule has 0 bridgehead atoms. The van der Waals surface area contributed by atoms with E-state index in [1.807, 2.05) is 20.8 Å². The van der Waals surface area contributed by atoms with Crippen LogP contribution in [0.25, 0.3) is 0 Å². The molecule has 0 aliphatic carbocycles. The van der Waals surface area contributed by atoms with Crippen molar-refractivity contribution in [1.29, 1.82) is 0 Å². The van der Waals surface area contributed by atoms with Gasteiger partial charge in [-0.1, -0.05) is 32.1 Å². The van der Waals surface area contributed by atoms with E-state index in [0.29, 0.717) is 0 Å². The maximum atomic E-state index is 12.1. The van der Waals surface area contributed by atoms with Crippen LogP contribution in [0, 0.1) is 0 Å². The predicted octanol–water partition coefficient (Wildman–Crippen LogP) is 1.44. The number of nitrogens with zero attached hydrogens (tertiary/aromatic N) is 4. The van der Waals surface area contributed by atoms with Crippen LogP contribution in [0.5, 0.6) is 0 Å². The van der Waals surface area contributed by atoms with Crippen LogP contribution >= 0.6 is 0 Å². The van der Waals surface area contributed by atoms with Gasteiger partial charge in [-0.3, -0.25) is 4.68 Å². The number of aryl methyl sites for hydroxylation is 1. The molecule has 0 spiro atoms. The van der Waals surface area contributed by atoms with Crippen molar-refractivity contribution in [3.05, 3.63) is 36.3 Å². The van der Waals surface area contributed by atoms with Crippen LogP contribution in [-0.4, -0.2) is 34.1 Å². The summed E-state index contributed by atoms with van der Waals surface area (Å²) in [5.41, 5.74) is 0.741. The summed E-state index contributed by atoms with van der Waals surface area (Å²) < 4.78 is 25.7. The van der Waals surface area contributed by atoms with E-state index in [4.69, 9.17) is 0 Å². The van der Waals surface area contributed by atoms with Gasteiger partial charge in [-0.05, 0) is 12.1 Å². The van der Waals surface area contributed by atoms with Gasteiger partial charge in [-0.15, -0.1) is 5.10 Å². The number of rotatable bonds is 4. The first-order valence-corrected chi connectivity index (χ1v) is 7.99. The molecular formula is C13H18N4O2S. The molecule has 0 unspecified atom stereocenters. The molecule has 6 nitrogen and oxygen atoms in total. The minimum Gasteiger partial charge on any atom is -0.251 e. The van der Waals surface area contributed by atoms with Crippen molar-refractivity contribution in [2.75, 3.05) is 5.75 Å². The van der Waals surface area contributed by atoms with Gasteiger partial charge in [0.05, 0.1) is 18.0 Å². The molecule has 7 heteroatoms. The highest BCUT2D eigenvalue weighted by Gasteiger charge is 2.19. The summed E-state index contributed by atoms with van der Waals surface area (Å²) in [4.78, 5) is 3.87. The van der Waals surface area contributed by atoms with E-state index in [0.717, 1.165) is 5.69 Å². The van der Waals surface area contributed by atoms with Crippen LogP contribution in [0.4, 0.5) is 0 Å². The summed E-state index contributed by atoms with van der Waals surface area (Å²) in [5, 5.41) is 8.12. The molecule has 108 valence electrons. The lowest BCUT2D eigenvalue weighted by atomic mass is 9.93. The van der Waals surface area contributed by atoms with Crippen LogP contribution in [0.3, 0.4) is 0 Å². The Morgan fingerprint density at radius 3 is 2.55 bits per heavy atom. The summed E-state index contributed by atoms with van der Waals surface area (Å²) in [6.45, 7) is 6.37. The third-order valence-electron chi connectivity index (χ3n) is 2.85. The second-order valence-electron chi connectivity index (χ2n) is 5.60. The third kappa shape index (κ3) is 3.41. The fraction of sp³-hybridized carbons (Fsp3) is 0.462. The summed E-state index contributed by atoms with van der Waals surface area (Å²) in [6.07, 6.45) is 3.26. The van der Waals surface area contributed by atoms with Gasteiger partial charge >= 0.3 is 0 Å². The molecule has 0 aromatic carbocycles. The minimum absolute atomic E-state index is 0.0447. The average molecular weight is 294 g/mol. The Morgan fingerprint density at radius 1 is 1.25 bits per heavy atom. The Balaban J connectivity index is 2.08. The van der Waals surface area contributed by atoms with E-state index < -0.39 is 9.84 Å². The van der Waals surface area contributed by atoms with E-state index in [1.165, 1.54) is 12.3 Å². The van der Waals surface area contributed by atoms with Gasteiger partial charge in [-0.25, -0.2) is 13.4 Å². The molecular weight excluding hydrogens is 276 g/mol. The molecule has 0 radical (unpaired) electrons. The lowest BCUT2D eigenvalue weighted by Gasteiger charge is -2.12. The van der Waals surface area contributed by atoms with Crippen molar-refractivity contribution in [3.63, 3.8) is 0 Å². The normalized spacial score (nSPS) is 12.6. The fourth-order valence-corrected chi connectivity index (χ4v) is 2.74. The van der Waals surface area contributed by atoms with Crippen LogP contribution in [0.15, 0.2) is 35.6 Å². The first kappa shape index (κ1) is 14.6. The number of hydrogen-bond acceptors (Lipinski definition) is 5. The standard InChI is InChI=1S/C13H18N4O2S/c1-13(2,3)11-10-17(16-15-11)8-9-20(18,19)12-6-4-5-7-14-12/h4-7,10H,8-9H2,1-3H3. The quantitative estimate of drug-likeness (QED) is 0.852. The van der Waals surface area contributed by atoms with Crippen molar-refractivity contribution in [1.82, 2.24) is 20.0 Å². The molecule has 2 heterocycles. The average Bonchev–Trinajstić information content (AvgIpc) is 2.86. The summed E-state index contributed by atoms with van der Waals surface area (Å²) >= 11 is 0. The first-order valence-electron chi connectivity index (χ1n) is 6.33. The lowest BCUT2D eigenvalue weighted by molar-refractivity contribution is 0.564. The van der Waals surface area contributed by atoms with Crippen molar-refractivity contribution >= 4 is 9.84 Å². The Hall–Kier alpha value is -1.76. The minimum atomic E-state index is -3.38. The monoisotopic (exact) mass is 294 g/mol. The molecule has 2 rings (SSSR count). The van der Waals surface area contributed by atoms with E-state index in [2.05, 4.69) is 15.3 Å². The number of sulfone groups is 1. The molecule has 0 saturated carbocycles. The van der Waals surface area contributed by atoms with Crippen LogP contribution < -0.4 is 0 Å². The summed E-state index contributed by atoms with van der Waals surface area (Å²) in [6, 6.07) is 4.84. The number of hydrogen-bond donors (Lipinski definition) is 0. The van der Waals surface area contributed by atoms with Crippen molar-refractivity contribution in [2.45, 2.75) is 37.8 Å². The van der Waals surface area contributed by atoms with E-state index in [-0.39, 0.29) is 22.7 Å². The molecule has 0 aliphatic heterocycles. The fourth-order valence-electron chi connectivity index (χ4n) is 1.60. The van der Waals surface area contributed by atoms with Crippen molar-refractivity contribution in [2.24, 2.45) is 0 Å². The van der Waals surface area contributed by atoms with E-state index in [1.54, 1.807) is 23.0 Å². The second kappa shape index (κ2) is 5.32. The van der Waals surface area contributed by atoms with Gasteiger partial charge in [0.25, 0.3) is 0 Å². The van der Waals surface area contributed by atoms with Gasteiger partial charge in [0.15, 0.2) is 14.9 Å². The Labute approximate surface area is 118 Å². The summed E-state index contributed by atoms with van der Waals surface area (Å²) in [7, 11) is -3.38. The van der Waals surface area contributed by atoms with Crippen molar-refractivity contribution < 1.29 is 8.42 Å². The van der Waals surface area contributed by atoms with Crippen LogP contribution in [-0.2, 0) is 21.8 Å². The molecule has 2 aromatic rings. The maximum Gasteiger partial charge on any atom is 0.197 e. The molecule has 0 N–H and O–H groups in total. The highest BCUT2D eigenvalue weighted by Crippen LogP contribution is 2.18. The highest BCUT2D eigenvalue weighted by atomic mass is 32.2. The second-order valence-corrected chi connectivity index (χ2v) is 7.66. The van der Waals surface area contributed by atoms with Crippen LogP contribution in [0.1, 0.15) is 26.5 Å². The Morgan fingerprint density at radius 2 is 2.00 bits per heavy atom. The highest BCUT2D eigenvalue weighted by molar-refractivity contribution is 7.91. The molecule has 0 saturated heterocycles. The van der Waals surface area contributed by atoms with Crippen molar-refractivity contribution in [3.8, 4) is 0 Å². The van der Waals surface area contributed by atoms with Gasteiger partial charge in [-0.2, -0.15) is 0 Å². The predicted molar refractivity (Wildman–Crippen MR) is 75.0 cm³/mol. The zero-order valence-electron chi connectivity index (χ0n) is 11.8. The van der Waals surface area contributed by atoms with Gasteiger partial charge in [0, 0.05) is 17.8 Å². The van der Waals surface area contributed by atoms with E-state index in [9.17, 15) is 8.42 Å². The smallest absolute Gasteiger partial charge is 0.197 e. The zero-order valence-corrected chi connectivity index (χ0v) is 12.6. The Kier molecular flexibility index (Phi) is 3.89.